The van der Waals surface area contributed by atoms with Crippen LogP contribution < -0.4 is 5.32 Å². The zero-order chi connectivity index (χ0) is 12.8. The van der Waals surface area contributed by atoms with E-state index < -0.39 is 0 Å². The van der Waals surface area contributed by atoms with E-state index in [-0.39, 0.29) is 0 Å². The van der Waals surface area contributed by atoms with Gasteiger partial charge in [0.1, 0.15) is 0 Å². The van der Waals surface area contributed by atoms with Crippen molar-refractivity contribution in [1.82, 2.24) is 5.32 Å². The first kappa shape index (κ1) is 13.6. The highest BCUT2D eigenvalue weighted by Crippen LogP contribution is 2.33. The second kappa shape index (κ2) is 6.94. The van der Waals surface area contributed by atoms with Gasteiger partial charge in [-0.25, -0.2) is 0 Å². The number of aryl methyl sites for hydroxylation is 1. The highest BCUT2D eigenvalue weighted by Gasteiger charge is 2.25. The number of rotatable bonds is 4. The monoisotopic (exact) mass is 245 g/mol. The fraction of sp³-hybridized carbons (Fsp3) is 0.647. The lowest BCUT2D eigenvalue weighted by Crippen LogP contribution is -2.35. The number of nitrogens with one attached hydrogen (secondary N) is 1. The Balaban J connectivity index is 2.17. The molecule has 0 amide bonds. The van der Waals surface area contributed by atoms with Crippen LogP contribution in [0.4, 0.5) is 0 Å². The van der Waals surface area contributed by atoms with Crippen molar-refractivity contribution in [3.05, 3.63) is 35.4 Å². The summed E-state index contributed by atoms with van der Waals surface area (Å²) < 4.78 is 0. The molecule has 0 spiro atoms. The van der Waals surface area contributed by atoms with Crippen LogP contribution in [0.3, 0.4) is 0 Å². The highest BCUT2D eigenvalue weighted by molar-refractivity contribution is 5.30. The van der Waals surface area contributed by atoms with Gasteiger partial charge in [0, 0.05) is 6.04 Å². The molecule has 0 bridgehead atoms. The van der Waals surface area contributed by atoms with Gasteiger partial charge in [-0.1, -0.05) is 50.5 Å². The van der Waals surface area contributed by atoms with Gasteiger partial charge in [0.15, 0.2) is 0 Å². The summed E-state index contributed by atoms with van der Waals surface area (Å²) in [5.74, 6) is 0.722. The Hall–Kier alpha value is -0.820. The van der Waals surface area contributed by atoms with Crippen LogP contribution in [0.15, 0.2) is 24.3 Å². The van der Waals surface area contributed by atoms with Gasteiger partial charge in [0.25, 0.3) is 0 Å². The predicted octanol–water partition coefficient (Wildman–Crippen LogP) is 4.41. The highest BCUT2D eigenvalue weighted by atomic mass is 14.9. The van der Waals surface area contributed by atoms with E-state index in [4.69, 9.17) is 0 Å². The average molecular weight is 245 g/mol. The molecule has 2 rings (SSSR count). The van der Waals surface area contributed by atoms with E-state index in [0.29, 0.717) is 6.04 Å². The first-order valence-corrected chi connectivity index (χ1v) is 7.62. The quantitative estimate of drug-likeness (QED) is 0.775. The lowest BCUT2D eigenvalue weighted by molar-refractivity contribution is 0.410. The average Bonchev–Trinajstić information content (AvgIpc) is 2.62. The molecule has 1 N–H and O–H groups in total. The zero-order valence-electron chi connectivity index (χ0n) is 11.9. The van der Waals surface area contributed by atoms with E-state index >= 15 is 0 Å². The SMILES string of the molecule is CCCNC1CCCCCC1c1ccccc1C. The van der Waals surface area contributed by atoms with Gasteiger partial charge in [0.05, 0.1) is 0 Å². The summed E-state index contributed by atoms with van der Waals surface area (Å²) >= 11 is 0. The molecule has 1 aromatic rings. The number of hydrogen-bond acceptors (Lipinski definition) is 1. The third-order valence-electron chi connectivity index (χ3n) is 4.26. The molecule has 0 heterocycles. The van der Waals surface area contributed by atoms with Crippen molar-refractivity contribution in [3.8, 4) is 0 Å². The maximum absolute atomic E-state index is 3.79. The first-order valence-electron chi connectivity index (χ1n) is 7.62. The molecule has 1 aliphatic rings. The van der Waals surface area contributed by atoms with Crippen molar-refractivity contribution in [1.29, 1.82) is 0 Å². The summed E-state index contributed by atoms with van der Waals surface area (Å²) in [6.45, 7) is 5.68. The maximum atomic E-state index is 3.79. The van der Waals surface area contributed by atoms with Gasteiger partial charge in [-0.15, -0.1) is 0 Å². The Morgan fingerprint density at radius 3 is 2.67 bits per heavy atom. The fourth-order valence-electron chi connectivity index (χ4n) is 3.26. The minimum atomic E-state index is 0.688. The van der Waals surface area contributed by atoms with Crippen LogP contribution in [0.5, 0.6) is 0 Å². The van der Waals surface area contributed by atoms with Crippen LogP contribution in [0.1, 0.15) is 62.5 Å². The molecule has 1 fully saturated rings. The molecule has 1 aromatic carbocycles. The standard InChI is InChI=1S/C17H27N/c1-3-13-18-17-12-6-4-5-11-16(17)15-10-8-7-9-14(15)2/h7-10,16-18H,3-6,11-13H2,1-2H3. The van der Waals surface area contributed by atoms with Crippen LogP contribution in [0, 0.1) is 6.92 Å². The molecule has 18 heavy (non-hydrogen) atoms. The first-order chi connectivity index (χ1) is 8.83. The molecule has 1 nitrogen and oxygen atoms in total. The topological polar surface area (TPSA) is 12.0 Å². The second-order valence-electron chi connectivity index (χ2n) is 5.66. The maximum Gasteiger partial charge on any atom is 0.0136 e. The summed E-state index contributed by atoms with van der Waals surface area (Å²) in [4.78, 5) is 0. The molecular weight excluding hydrogens is 218 g/mol. The molecular formula is C17H27N. The third kappa shape index (κ3) is 3.35. The van der Waals surface area contributed by atoms with Gasteiger partial charge in [-0.05, 0) is 49.8 Å². The molecule has 0 aliphatic heterocycles. The Bertz CT molecular complexity index is 358. The van der Waals surface area contributed by atoms with Crippen LogP contribution in [0.2, 0.25) is 0 Å². The zero-order valence-corrected chi connectivity index (χ0v) is 11.9. The van der Waals surface area contributed by atoms with E-state index in [2.05, 4.69) is 43.4 Å². The molecule has 0 aromatic heterocycles. The normalized spacial score (nSPS) is 24.8. The molecule has 2 unspecified atom stereocenters. The Labute approximate surface area is 112 Å². The van der Waals surface area contributed by atoms with Crippen molar-refractivity contribution in [2.45, 2.75) is 64.3 Å². The van der Waals surface area contributed by atoms with Crippen molar-refractivity contribution < 1.29 is 0 Å². The van der Waals surface area contributed by atoms with Crippen LogP contribution in [-0.4, -0.2) is 12.6 Å². The van der Waals surface area contributed by atoms with Crippen LogP contribution in [0.25, 0.3) is 0 Å². The molecule has 0 radical (unpaired) electrons. The fourth-order valence-corrected chi connectivity index (χ4v) is 3.26. The largest absolute Gasteiger partial charge is 0.313 e. The van der Waals surface area contributed by atoms with Crippen molar-refractivity contribution in [2.75, 3.05) is 6.54 Å². The molecule has 100 valence electrons. The second-order valence-corrected chi connectivity index (χ2v) is 5.66. The van der Waals surface area contributed by atoms with E-state index in [1.165, 1.54) is 44.1 Å². The predicted molar refractivity (Wildman–Crippen MR) is 79.1 cm³/mol. The van der Waals surface area contributed by atoms with Gasteiger partial charge < -0.3 is 5.32 Å². The van der Waals surface area contributed by atoms with Crippen molar-refractivity contribution in [3.63, 3.8) is 0 Å². The Kier molecular flexibility index (Phi) is 5.25. The van der Waals surface area contributed by atoms with Gasteiger partial charge in [0.2, 0.25) is 0 Å². The molecule has 1 heteroatoms. The number of hydrogen-bond donors (Lipinski definition) is 1. The van der Waals surface area contributed by atoms with Crippen molar-refractivity contribution in [2.24, 2.45) is 0 Å². The third-order valence-corrected chi connectivity index (χ3v) is 4.26. The molecule has 1 saturated carbocycles. The Morgan fingerprint density at radius 1 is 1.11 bits per heavy atom. The van der Waals surface area contributed by atoms with Gasteiger partial charge >= 0.3 is 0 Å². The van der Waals surface area contributed by atoms with Gasteiger partial charge in [-0.3, -0.25) is 0 Å². The van der Waals surface area contributed by atoms with E-state index in [9.17, 15) is 0 Å². The molecule has 2 atom stereocenters. The summed E-state index contributed by atoms with van der Waals surface area (Å²) in [6.07, 6.45) is 8.13. The molecule has 0 saturated heterocycles. The minimum Gasteiger partial charge on any atom is -0.313 e. The lowest BCUT2D eigenvalue weighted by Gasteiger charge is -2.28. The van der Waals surface area contributed by atoms with E-state index in [0.717, 1.165) is 12.5 Å². The minimum absolute atomic E-state index is 0.688. The van der Waals surface area contributed by atoms with Crippen molar-refractivity contribution >= 4 is 0 Å². The summed E-state index contributed by atoms with van der Waals surface area (Å²) in [7, 11) is 0. The summed E-state index contributed by atoms with van der Waals surface area (Å²) in [5, 5.41) is 3.79. The summed E-state index contributed by atoms with van der Waals surface area (Å²) in [5.41, 5.74) is 3.04. The Morgan fingerprint density at radius 2 is 1.89 bits per heavy atom. The van der Waals surface area contributed by atoms with E-state index in [1.807, 2.05) is 0 Å². The number of benzene rings is 1. The van der Waals surface area contributed by atoms with E-state index in [1.54, 1.807) is 5.56 Å². The molecule has 1 aliphatic carbocycles. The lowest BCUT2D eigenvalue weighted by atomic mass is 9.85. The van der Waals surface area contributed by atoms with Crippen LogP contribution in [-0.2, 0) is 0 Å². The summed E-state index contributed by atoms with van der Waals surface area (Å²) in [6, 6.07) is 9.64. The van der Waals surface area contributed by atoms with Gasteiger partial charge in [-0.2, -0.15) is 0 Å². The smallest absolute Gasteiger partial charge is 0.0136 e. The van der Waals surface area contributed by atoms with Crippen LogP contribution >= 0.6 is 0 Å².